The topological polar surface area (TPSA) is 21.3 Å². The molecule has 1 unspecified atom stereocenters. The van der Waals surface area contributed by atoms with Crippen molar-refractivity contribution in [2.45, 2.75) is 18.9 Å². The van der Waals surface area contributed by atoms with Crippen LogP contribution in [-0.2, 0) is 17.6 Å². The van der Waals surface area contributed by atoms with Gasteiger partial charge in [-0.15, -0.1) is 0 Å². The van der Waals surface area contributed by atoms with E-state index in [1.54, 1.807) is 0 Å². The molecule has 0 aliphatic carbocycles. The number of hydrogen-bond donors (Lipinski definition) is 1. The molecule has 1 aliphatic rings. The van der Waals surface area contributed by atoms with Gasteiger partial charge in [0.05, 0.1) is 12.7 Å². The minimum atomic E-state index is -0.182. The highest BCUT2D eigenvalue weighted by Crippen LogP contribution is 2.26. The van der Waals surface area contributed by atoms with E-state index in [-0.39, 0.29) is 11.9 Å². The molecule has 1 aliphatic heterocycles. The predicted octanol–water partition coefficient (Wildman–Crippen LogP) is 3.27. The maximum absolute atomic E-state index is 12.8. The Labute approximate surface area is 125 Å². The van der Waals surface area contributed by atoms with Gasteiger partial charge in [-0.05, 0) is 48.2 Å². The Kier molecular flexibility index (Phi) is 4.63. The van der Waals surface area contributed by atoms with Gasteiger partial charge in [0.2, 0.25) is 0 Å². The molecule has 110 valence electrons. The molecule has 1 heterocycles. The molecule has 0 bridgehead atoms. The van der Waals surface area contributed by atoms with Crippen LogP contribution in [0.1, 0.15) is 22.8 Å². The Morgan fingerprint density at radius 3 is 2.76 bits per heavy atom. The second-order valence-electron chi connectivity index (χ2n) is 5.39. The van der Waals surface area contributed by atoms with Crippen LogP contribution in [0, 0.1) is 5.82 Å². The summed E-state index contributed by atoms with van der Waals surface area (Å²) in [5.41, 5.74) is 3.85. The Balaban J connectivity index is 1.49. The van der Waals surface area contributed by atoms with Crippen LogP contribution in [0.5, 0.6) is 0 Å². The first-order valence-electron chi connectivity index (χ1n) is 7.47. The molecule has 2 aromatic rings. The molecule has 0 fully saturated rings. The van der Waals surface area contributed by atoms with Crippen LogP contribution in [0.25, 0.3) is 0 Å². The van der Waals surface area contributed by atoms with E-state index in [4.69, 9.17) is 4.74 Å². The molecule has 3 heteroatoms. The third-order valence-corrected chi connectivity index (χ3v) is 3.93. The number of halogens is 1. The van der Waals surface area contributed by atoms with Gasteiger partial charge in [0, 0.05) is 6.54 Å². The summed E-state index contributed by atoms with van der Waals surface area (Å²) in [6.45, 7) is 2.48. The molecule has 3 rings (SSSR count). The zero-order chi connectivity index (χ0) is 14.5. The zero-order valence-electron chi connectivity index (χ0n) is 12.0. The molecule has 0 aromatic heterocycles. The highest BCUT2D eigenvalue weighted by atomic mass is 19.1. The lowest BCUT2D eigenvalue weighted by molar-refractivity contribution is 0.0427. The Hall–Kier alpha value is -1.71. The molecular formula is C18H20FNO. The lowest BCUT2D eigenvalue weighted by Gasteiger charge is -2.26. The fourth-order valence-electron chi connectivity index (χ4n) is 2.76. The van der Waals surface area contributed by atoms with E-state index in [9.17, 15) is 4.39 Å². The van der Waals surface area contributed by atoms with Crippen molar-refractivity contribution in [3.05, 3.63) is 71.0 Å². The first-order valence-corrected chi connectivity index (χ1v) is 7.47. The van der Waals surface area contributed by atoms with Crippen molar-refractivity contribution in [1.82, 2.24) is 5.32 Å². The summed E-state index contributed by atoms with van der Waals surface area (Å²) < 4.78 is 18.7. The molecule has 0 amide bonds. The van der Waals surface area contributed by atoms with E-state index in [1.165, 1.54) is 23.3 Å². The van der Waals surface area contributed by atoms with Crippen LogP contribution in [-0.4, -0.2) is 19.7 Å². The van der Waals surface area contributed by atoms with E-state index < -0.39 is 0 Å². The number of nitrogens with one attached hydrogen (secondary N) is 1. The van der Waals surface area contributed by atoms with Crippen molar-refractivity contribution in [3.63, 3.8) is 0 Å². The van der Waals surface area contributed by atoms with Crippen LogP contribution in [0.2, 0.25) is 0 Å². The van der Waals surface area contributed by atoms with E-state index >= 15 is 0 Å². The van der Waals surface area contributed by atoms with Crippen molar-refractivity contribution in [1.29, 1.82) is 0 Å². The predicted molar refractivity (Wildman–Crippen MR) is 81.8 cm³/mol. The van der Waals surface area contributed by atoms with Gasteiger partial charge < -0.3 is 10.1 Å². The molecular weight excluding hydrogens is 265 g/mol. The minimum absolute atomic E-state index is 0.142. The average molecular weight is 285 g/mol. The standard InChI is InChI=1S/C18H20FNO/c19-16-7-5-14(6-8-16)9-11-20-13-18-17-4-2-1-3-15(17)10-12-21-18/h1-8,18,20H,9-13H2. The Morgan fingerprint density at radius 1 is 1.10 bits per heavy atom. The van der Waals surface area contributed by atoms with Crippen molar-refractivity contribution < 1.29 is 9.13 Å². The van der Waals surface area contributed by atoms with Gasteiger partial charge in [-0.2, -0.15) is 0 Å². The van der Waals surface area contributed by atoms with Gasteiger partial charge in [0.25, 0.3) is 0 Å². The molecule has 1 atom stereocenters. The normalized spacial score (nSPS) is 17.5. The number of hydrogen-bond acceptors (Lipinski definition) is 2. The monoisotopic (exact) mass is 285 g/mol. The molecule has 0 radical (unpaired) electrons. The molecule has 1 N–H and O–H groups in total. The van der Waals surface area contributed by atoms with Gasteiger partial charge in [0.15, 0.2) is 0 Å². The molecule has 2 nitrogen and oxygen atoms in total. The van der Waals surface area contributed by atoms with Gasteiger partial charge in [-0.1, -0.05) is 36.4 Å². The fraction of sp³-hybridized carbons (Fsp3) is 0.333. The number of fused-ring (bicyclic) bond motifs is 1. The van der Waals surface area contributed by atoms with E-state index in [0.717, 1.165) is 38.1 Å². The summed E-state index contributed by atoms with van der Waals surface area (Å²) in [5.74, 6) is -0.182. The quantitative estimate of drug-likeness (QED) is 0.851. The first-order chi connectivity index (χ1) is 10.3. The lowest BCUT2D eigenvalue weighted by atomic mass is 9.97. The van der Waals surface area contributed by atoms with Gasteiger partial charge in [-0.3, -0.25) is 0 Å². The maximum Gasteiger partial charge on any atom is 0.123 e. The molecule has 0 saturated heterocycles. The number of benzene rings is 2. The largest absolute Gasteiger partial charge is 0.372 e. The maximum atomic E-state index is 12.8. The van der Waals surface area contributed by atoms with E-state index in [0.29, 0.717) is 0 Å². The van der Waals surface area contributed by atoms with Gasteiger partial charge >= 0.3 is 0 Å². The minimum Gasteiger partial charge on any atom is -0.372 e. The van der Waals surface area contributed by atoms with Crippen LogP contribution in [0.15, 0.2) is 48.5 Å². The fourth-order valence-corrected chi connectivity index (χ4v) is 2.76. The van der Waals surface area contributed by atoms with E-state index in [2.05, 4.69) is 29.6 Å². The van der Waals surface area contributed by atoms with Gasteiger partial charge in [0.1, 0.15) is 5.82 Å². The summed E-state index contributed by atoms with van der Waals surface area (Å²) in [7, 11) is 0. The van der Waals surface area contributed by atoms with Crippen molar-refractivity contribution in [3.8, 4) is 0 Å². The molecule has 21 heavy (non-hydrogen) atoms. The third-order valence-electron chi connectivity index (χ3n) is 3.93. The number of rotatable bonds is 5. The molecule has 2 aromatic carbocycles. The summed E-state index contributed by atoms with van der Waals surface area (Å²) >= 11 is 0. The highest BCUT2D eigenvalue weighted by Gasteiger charge is 2.19. The van der Waals surface area contributed by atoms with E-state index in [1.807, 2.05) is 12.1 Å². The summed E-state index contributed by atoms with van der Waals surface area (Å²) in [4.78, 5) is 0. The van der Waals surface area contributed by atoms with Crippen molar-refractivity contribution >= 4 is 0 Å². The first kappa shape index (κ1) is 14.2. The molecule has 0 saturated carbocycles. The molecule has 0 spiro atoms. The van der Waals surface area contributed by atoms with Crippen LogP contribution < -0.4 is 5.32 Å². The zero-order valence-corrected chi connectivity index (χ0v) is 12.0. The highest BCUT2D eigenvalue weighted by molar-refractivity contribution is 5.31. The van der Waals surface area contributed by atoms with Crippen LogP contribution >= 0.6 is 0 Å². The number of ether oxygens (including phenoxy) is 1. The second-order valence-corrected chi connectivity index (χ2v) is 5.39. The average Bonchev–Trinajstić information content (AvgIpc) is 2.53. The third kappa shape index (κ3) is 3.69. The van der Waals surface area contributed by atoms with Crippen LogP contribution in [0.3, 0.4) is 0 Å². The smallest absolute Gasteiger partial charge is 0.123 e. The summed E-state index contributed by atoms with van der Waals surface area (Å²) in [5, 5.41) is 3.44. The van der Waals surface area contributed by atoms with Crippen LogP contribution in [0.4, 0.5) is 4.39 Å². The second kappa shape index (κ2) is 6.83. The Morgan fingerprint density at radius 2 is 1.90 bits per heavy atom. The Bertz CT molecular complexity index is 582. The van der Waals surface area contributed by atoms with Crippen molar-refractivity contribution in [2.75, 3.05) is 19.7 Å². The van der Waals surface area contributed by atoms with Crippen molar-refractivity contribution in [2.24, 2.45) is 0 Å². The SMILES string of the molecule is Fc1ccc(CCNCC2OCCc3ccccc32)cc1. The summed E-state index contributed by atoms with van der Waals surface area (Å²) in [6, 6.07) is 15.2. The summed E-state index contributed by atoms with van der Waals surface area (Å²) in [6.07, 6.45) is 2.04. The van der Waals surface area contributed by atoms with Gasteiger partial charge in [-0.25, -0.2) is 4.39 Å². The lowest BCUT2D eigenvalue weighted by Crippen LogP contribution is -2.28.